The predicted octanol–water partition coefficient (Wildman–Crippen LogP) is 4.84. The molecule has 0 spiro atoms. The zero-order valence-electron chi connectivity index (χ0n) is 11.0. The number of benzene rings is 2. The Kier molecular flexibility index (Phi) is 4.14. The number of hydrogen-bond acceptors (Lipinski definition) is 3. The summed E-state index contributed by atoms with van der Waals surface area (Å²) in [7, 11) is 0. The Morgan fingerprint density at radius 2 is 1.86 bits per heavy atom. The van der Waals surface area contributed by atoms with Gasteiger partial charge in [-0.3, -0.25) is 0 Å². The van der Waals surface area contributed by atoms with Crippen LogP contribution in [0.5, 0.6) is 0 Å². The molecule has 0 fully saturated rings. The molecule has 1 aromatic heterocycles. The Bertz CT molecular complexity index is 771. The molecule has 0 aliphatic rings. The lowest BCUT2D eigenvalue weighted by atomic mass is 10.1. The first-order chi connectivity index (χ1) is 10.2. The van der Waals surface area contributed by atoms with Crippen molar-refractivity contribution in [1.82, 2.24) is 4.98 Å². The van der Waals surface area contributed by atoms with Crippen molar-refractivity contribution in [2.75, 3.05) is 0 Å². The third kappa shape index (κ3) is 2.90. The van der Waals surface area contributed by atoms with E-state index in [0.717, 1.165) is 26.7 Å². The molecular formula is C16H12BrFN2S. The zero-order valence-corrected chi connectivity index (χ0v) is 13.4. The minimum absolute atomic E-state index is 0.280. The molecule has 0 aliphatic carbocycles. The molecule has 0 saturated carbocycles. The first-order valence-electron chi connectivity index (χ1n) is 6.39. The fraction of sp³-hybridized carbons (Fsp3) is 0.0625. The van der Waals surface area contributed by atoms with Gasteiger partial charge in [-0.2, -0.15) is 0 Å². The molecule has 0 saturated heterocycles. The highest BCUT2D eigenvalue weighted by Crippen LogP contribution is 2.34. The Hall–Kier alpha value is -1.56. The molecular weight excluding hydrogens is 351 g/mol. The van der Waals surface area contributed by atoms with E-state index in [1.165, 1.54) is 6.07 Å². The first-order valence-corrected chi connectivity index (χ1v) is 8.00. The molecule has 0 aliphatic heterocycles. The van der Waals surface area contributed by atoms with E-state index in [1.807, 2.05) is 30.3 Å². The van der Waals surface area contributed by atoms with Gasteiger partial charge in [0.25, 0.3) is 0 Å². The van der Waals surface area contributed by atoms with Crippen LogP contribution in [-0.2, 0) is 6.54 Å². The number of aromatic nitrogens is 1. The second-order valence-electron chi connectivity index (χ2n) is 4.49. The summed E-state index contributed by atoms with van der Waals surface area (Å²) >= 11 is 4.75. The lowest BCUT2D eigenvalue weighted by Crippen LogP contribution is -1.95. The molecule has 2 N–H and O–H groups in total. The van der Waals surface area contributed by atoms with Crippen molar-refractivity contribution >= 4 is 27.3 Å². The fourth-order valence-electron chi connectivity index (χ4n) is 2.06. The van der Waals surface area contributed by atoms with Gasteiger partial charge >= 0.3 is 0 Å². The average molecular weight is 363 g/mol. The van der Waals surface area contributed by atoms with Crippen LogP contribution < -0.4 is 5.73 Å². The minimum Gasteiger partial charge on any atom is -0.326 e. The second kappa shape index (κ2) is 6.05. The summed E-state index contributed by atoms with van der Waals surface area (Å²) in [6.45, 7) is 0.435. The summed E-state index contributed by atoms with van der Waals surface area (Å²) < 4.78 is 13.8. The molecule has 21 heavy (non-hydrogen) atoms. The van der Waals surface area contributed by atoms with Crippen LogP contribution in [0.2, 0.25) is 0 Å². The maximum Gasteiger partial charge on any atom is 0.137 e. The molecule has 2 nitrogen and oxygen atoms in total. The lowest BCUT2D eigenvalue weighted by molar-refractivity contribution is 0.621. The van der Waals surface area contributed by atoms with Gasteiger partial charge in [-0.1, -0.05) is 30.3 Å². The summed E-state index contributed by atoms with van der Waals surface area (Å²) in [5, 5.41) is 0.843. The summed E-state index contributed by atoms with van der Waals surface area (Å²) in [6, 6.07) is 14.8. The predicted molar refractivity (Wildman–Crippen MR) is 88.5 cm³/mol. The fourth-order valence-corrected chi connectivity index (χ4v) is 3.40. The van der Waals surface area contributed by atoms with Crippen LogP contribution in [-0.4, -0.2) is 4.98 Å². The van der Waals surface area contributed by atoms with E-state index in [0.29, 0.717) is 11.0 Å². The van der Waals surface area contributed by atoms with E-state index in [9.17, 15) is 4.39 Å². The van der Waals surface area contributed by atoms with Gasteiger partial charge in [0.05, 0.1) is 10.2 Å². The maximum atomic E-state index is 13.3. The highest BCUT2D eigenvalue weighted by Gasteiger charge is 2.14. The van der Waals surface area contributed by atoms with Gasteiger partial charge in [0.2, 0.25) is 0 Å². The number of nitrogens with two attached hydrogens (primary N) is 1. The SMILES string of the molecule is NCc1sc(-c2ccc(F)c(Br)c2)nc1-c1ccccc1. The summed E-state index contributed by atoms with van der Waals surface area (Å²) in [6.07, 6.45) is 0. The molecule has 2 aromatic carbocycles. The summed E-state index contributed by atoms with van der Waals surface area (Å²) in [5.41, 5.74) is 8.66. The van der Waals surface area contributed by atoms with E-state index in [-0.39, 0.29) is 5.82 Å². The van der Waals surface area contributed by atoms with Crippen molar-refractivity contribution in [3.63, 3.8) is 0 Å². The quantitative estimate of drug-likeness (QED) is 0.723. The van der Waals surface area contributed by atoms with Crippen molar-refractivity contribution in [3.05, 3.63) is 63.7 Å². The molecule has 0 unspecified atom stereocenters. The molecule has 1 heterocycles. The third-order valence-electron chi connectivity index (χ3n) is 3.10. The van der Waals surface area contributed by atoms with Crippen LogP contribution in [0.3, 0.4) is 0 Å². The number of hydrogen-bond donors (Lipinski definition) is 1. The second-order valence-corrected chi connectivity index (χ2v) is 6.43. The van der Waals surface area contributed by atoms with E-state index in [4.69, 9.17) is 5.73 Å². The Morgan fingerprint density at radius 1 is 1.10 bits per heavy atom. The van der Waals surface area contributed by atoms with Crippen molar-refractivity contribution in [2.45, 2.75) is 6.54 Å². The third-order valence-corrected chi connectivity index (χ3v) is 4.83. The number of rotatable bonds is 3. The molecule has 3 aromatic rings. The number of thiazole rings is 1. The van der Waals surface area contributed by atoms with Crippen molar-refractivity contribution in [3.8, 4) is 21.8 Å². The molecule has 3 rings (SSSR count). The van der Waals surface area contributed by atoms with E-state index in [2.05, 4.69) is 20.9 Å². The largest absolute Gasteiger partial charge is 0.326 e. The van der Waals surface area contributed by atoms with E-state index >= 15 is 0 Å². The van der Waals surface area contributed by atoms with Crippen LogP contribution in [0.15, 0.2) is 53.0 Å². The molecule has 0 bridgehead atoms. The van der Waals surface area contributed by atoms with Gasteiger partial charge in [0.15, 0.2) is 0 Å². The Balaban J connectivity index is 2.09. The Labute approximate surface area is 134 Å². The molecule has 5 heteroatoms. The van der Waals surface area contributed by atoms with Crippen LogP contribution in [0.25, 0.3) is 21.8 Å². The molecule has 0 radical (unpaired) electrons. The van der Waals surface area contributed by atoms with Crippen LogP contribution in [0.1, 0.15) is 4.88 Å². The molecule has 0 atom stereocenters. The van der Waals surface area contributed by atoms with Gasteiger partial charge in [0.1, 0.15) is 10.8 Å². The minimum atomic E-state index is -0.280. The van der Waals surface area contributed by atoms with Gasteiger partial charge in [-0.25, -0.2) is 9.37 Å². The van der Waals surface area contributed by atoms with E-state index < -0.39 is 0 Å². The number of nitrogens with zero attached hydrogens (tertiary/aromatic N) is 1. The van der Waals surface area contributed by atoms with E-state index in [1.54, 1.807) is 23.5 Å². The smallest absolute Gasteiger partial charge is 0.137 e. The van der Waals surface area contributed by atoms with Crippen molar-refractivity contribution in [1.29, 1.82) is 0 Å². The van der Waals surface area contributed by atoms with Gasteiger partial charge < -0.3 is 5.73 Å². The van der Waals surface area contributed by atoms with Gasteiger partial charge in [-0.15, -0.1) is 11.3 Å². The summed E-state index contributed by atoms with van der Waals surface area (Å²) in [4.78, 5) is 5.71. The lowest BCUT2D eigenvalue weighted by Gasteiger charge is -1.99. The monoisotopic (exact) mass is 362 g/mol. The van der Waals surface area contributed by atoms with Gasteiger partial charge in [0, 0.05) is 22.5 Å². The summed E-state index contributed by atoms with van der Waals surface area (Å²) in [5.74, 6) is -0.280. The van der Waals surface area contributed by atoms with Gasteiger partial charge in [-0.05, 0) is 34.1 Å². The van der Waals surface area contributed by atoms with Crippen LogP contribution in [0.4, 0.5) is 4.39 Å². The topological polar surface area (TPSA) is 38.9 Å². The Morgan fingerprint density at radius 3 is 2.52 bits per heavy atom. The standard InChI is InChI=1S/C16H12BrFN2S/c17-12-8-11(6-7-13(12)18)16-20-15(14(9-19)21-16)10-4-2-1-3-5-10/h1-8H,9,19H2. The average Bonchev–Trinajstić information content (AvgIpc) is 2.95. The van der Waals surface area contributed by atoms with Crippen molar-refractivity contribution in [2.24, 2.45) is 5.73 Å². The molecule has 0 amide bonds. The molecule has 106 valence electrons. The maximum absolute atomic E-state index is 13.3. The van der Waals surface area contributed by atoms with Crippen LogP contribution in [0, 0.1) is 5.82 Å². The highest BCUT2D eigenvalue weighted by molar-refractivity contribution is 9.10. The normalized spacial score (nSPS) is 10.8. The van der Waals surface area contributed by atoms with Crippen molar-refractivity contribution < 1.29 is 4.39 Å². The van der Waals surface area contributed by atoms with Crippen LogP contribution >= 0.6 is 27.3 Å². The number of halogens is 2. The first kappa shape index (κ1) is 14.4. The highest BCUT2D eigenvalue weighted by atomic mass is 79.9. The zero-order chi connectivity index (χ0) is 14.8.